The van der Waals surface area contributed by atoms with Crippen molar-refractivity contribution >= 4 is 23.6 Å². The van der Waals surface area contributed by atoms with E-state index in [2.05, 4.69) is 15.5 Å². The van der Waals surface area contributed by atoms with Crippen molar-refractivity contribution in [1.29, 1.82) is 0 Å². The van der Waals surface area contributed by atoms with Gasteiger partial charge in [-0.2, -0.15) is 0 Å². The van der Waals surface area contributed by atoms with Gasteiger partial charge in [-0.15, -0.1) is 0 Å². The van der Waals surface area contributed by atoms with E-state index in [4.69, 9.17) is 4.74 Å². The molecule has 176 valence electrons. The summed E-state index contributed by atoms with van der Waals surface area (Å²) >= 11 is 0. The molecule has 1 aromatic rings. The molecule has 4 heterocycles. The molecule has 0 spiro atoms. The van der Waals surface area contributed by atoms with Gasteiger partial charge in [0.25, 0.3) is 11.8 Å². The lowest BCUT2D eigenvalue weighted by Gasteiger charge is -2.35. The maximum atomic E-state index is 13.3. The van der Waals surface area contributed by atoms with Crippen LogP contribution >= 0.6 is 0 Å². The number of ether oxygens (including phenoxy) is 1. The number of likely N-dealkylation sites (tertiary alicyclic amines) is 1. The highest BCUT2D eigenvalue weighted by Crippen LogP contribution is 2.31. The predicted octanol–water partition coefficient (Wildman–Crippen LogP) is 0.678. The number of morpholine rings is 1. The summed E-state index contributed by atoms with van der Waals surface area (Å²) in [5.41, 5.74) is 1.57. The number of piperidine rings is 2. The highest BCUT2D eigenvalue weighted by Gasteiger charge is 2.45. The molecule has 9 nitrogen and oxygen atoms in total. The molecule has 0 aliphatic carbocycles. The fourth-order valence-electron chi connectivity index (χ4n) is 5.51. The molecule has 3 saturated heterocycles. The number of benzene rings is 1. The van der Waals surface area contributed by atoms with E-state index in [1.165, 1.54) is 0 Å². The quantitative estimate of drug-likeness (QED) is 0.630. The summed E-state index contributed by atoms with van der Waals surface area (Å²) in [6, 6.07) is 4.85. The molecule has 1 aromatic carbocycles. The van der Waals surface area contributed by atoms with Gasteiger partial charge in [-0.25, -0.2) is 0 Å². The van der Waals surface area contributed by atoms with Crippen LogP contribution in [0.5, 0.6) is 0 Å². The zero-order valence-corrected chi connectivity index (χ0v) is 18.7. The van der Waals surface area contributed by atoms with Crippen molar-refractivity contribution in [1.82, 2.24) is 20.4 Å². The standard InChI is InChI=1S/C24H30N4O5/c29-20-5-4-19(22(30)26-20)28-23(31)18-3-1-2-16(21(18)24(28)32)13-27-9-6-15(7-10-27)12-17-14-33-11-8-25-17/h1-3,15,17,19,25H,4-14H2,(H,26,29,30). The molecular formula is C24H30N4O5. The first-order valence-corrected chi connectivity index (χ1v) is 11.9. The normalized spacial score (nSPS) is 27.1. The molecule has 4 amide bonds. The van der Waals surface area contributed by atoms with Gasteiger partial charge in [0.15, 0.2) is 0 Å². The van der Waals surface area contributed by atoms with Gasteiger partial charge in [0.2, 0.25) is 11.8 Å². The van der Waals surface area contributed by atoms with Crippen molar-refractivity contribution in [3.8, 4) is 0 Å². The SMILES string of the molecule is O=C1CCC(N2C(=O)c3cccc(CN4CCC(CC5COCCN5)CC4)c3C2=O)C(=O)N1. The van der Waals surface area contributed by atoms with Crippen LogP contribution in [0, 0.1) is 5.92 Å². The number of nitrogens with one attached hydrogen (secondary N) is 2. The van der Waals surface area contributed by atoms with Crippen LogP contribution in [-0.2, 0) is 20.9 Å². The van der Waals surface area contributed by atoms with Crippen molar-refractivity contribution in [3.05, 3.63) is 34.9 Å². The first-order valence-electron chi connectivity index (χ1n) is 11.9. The van der Waals surface area contributed by atoms with Gasteiger partial charge >= 0.3 is 0 Å². The summed E-state index contributed by atoms with van der Waals surface area (Å²) in [7, 11) is 0. The number of fused-ring (bicyclic) bond motifs is 1. The molecule has 0 radical (unpaired) electrons. The van der Waals surface area contributed by atoms with Crippen molar-refractivity contribution in [3.63, 3.8) is 0 Å². The molecule has 0 aromatic heterocycles. The number of amides is 4. The molecule has 33 heavy (non-hydrogen) atoms. The van der Waals surface area contributed by atoms with Gasteiger partial charge in [-0.1, -0.05) is 12.1 Å². The summed E-state index contributed by atoms with van der Waals surface area (Å²) in [5, 5.41) is 5.77. The van der Waals surface area contributed by atoms with Crippen molar-refractivity contribution in [2.45, 2.75) is 50.7 Å². The molecule has 0 bridgehead atoms. The smallest absolute Gasteiger partial charge is 0.262 e. The Morgan fingerprint density at radius 3 is 2.58 bits per heavy atom. The van der Waals surface area contributed by atoms with E-state index in [9.17, 15) is 19.2 Å². The van der Waals surface area contributed by atoms with E-state index in [1.54, 1.807) is 12.1 Å². The van der Waals surface area contributed by atoms with Gasteiger partial charge in [0, 0.05) is 25.6 Å². The molecule has 5 rings (SSSR count). The number of hydrogen-bond donors (Lipinski definition) is 2. The summed E-state index contributed by atoms with van der Waals surface area (Å²) in [6.07, 6.45) is 3.61. The summed E-state index contributed by atoms with van der Waals surface area (Å²) in [5.74, 6) is -1.18. The number of imide groups is 2. The molecule has 2 atom stereocenters. The number of rotatable bonds is 5. The number of carbonyl (C=O) groups is 4. The van der Waals surface area contributed by atoms with E-state index in [-0.39, 0.29) is 18.7 Å². The van der Waals surface area contributed by atoms with Gasteiger partial charge in [-0.05, 0) is 56.3 Å². The fraction of sp³-hybridized carbons (Fsp3) is 0.583. The van der Waals surface area contributed by atoms with Crippen LogP contribution in [0.15, 0.2) is 18.2 Å². The molecule has 3 fully saturated rings. The van der Waals surface area contributed by atoms with Gasteiger partial charge in [-0.3, -0.25) is 34.3 Å². The largest absolute Gasteiger partial charge is 0.379 e. The zero-order valence-electron chi connectivity index (χ0n) is 18.7. The average Bonchev–Trinajstić information content (AvgIpc) is 3.07. The van der Waals surface area contributed by atoms with E-state index < -0.39 is 23.8 Å². The van der Waals surface area contributed by atoms with Crippen LogP contribution in [0.3, 0.4) is 0 Å². The van der Waals surface area contributed by atoms with Crippen LogP contribution in [0.1, 0.15) is 58.4 Å². The highest BCUT2D eigenvalue weighted by atomic mass is 16.5. The monoisotopic (exact) mass is 454 g/mol. The molecular weight excluding hydrogens is 424 g/mol. The van der Waals surface area contributed by atoms with Crippen LogP contribution in [-0.4, -0.2) is 78.4 Å². The molecule has 2 N–H and O–H groups in total. The minimum Gasteiger partial charge on any atom is -0.379 e. The third-order valence-electron chi connectivity index (χ3n) is 7.27. The van der Waals surface area contributed by atoms with Crippen LogP contribution in [0.4, 0.5) is 0 Å². The Hall–Kier alpha value is -2.62. The van der Waals surface area contributed by atoms with Crippen molar-refractivity contribution in [2.75, 3.05) is 32.8 Å². The Labute approximate surface area is 192 Å². The minimum atomic E-state index is -0.934. The van der Waals surface area contributed by atoms with Crippen molar-refractivity contribution < 1.29 is 23.9 Å². The molecule has 9 heteroatoms. The van der Waals surface area contributed by atoms with Gasteiger partial charge in [0.05, 0.1) is 24.3 Å². The summed E-state index contributed by atoms with van der Waals surface area (Å²) < 4.78 is 5.57. The van der Waals surface area contributed by atoms with E-state index in [0.29, 0.717) is 29.6 Å². The molecule has 4 aliphatic heterocycles. The van der Waals surface area contributed by atoms with E-state index in [0.717, 1.165) is 62.6 Å². The topological polar surface area (TPSA) is 108 Å². The maximum Gasteiger partial charge on any atom is 0.262 e. The second-order valence-electron chi connectivity index (χ2n) is 9.47. The highest BCUT2D eigenvalue weighted by molar-refractivity contribution is 6.24. The average molecular weight is 455 g/mol. The second-order valence-corrected chi connectivity index (χ2v) is 9.47. The van der Waals surface area contributed by atoms with Crippen LogP contribution < -0.4 is 10.6 Å². The lowest BCUT2D eigenvalue weighted by Crippen LogP contribution is -2.54. The van der Waals surface area contributed by atoms with E-state index >= 15 is 0 Å². The third kappa shape index (κ3) is 4.45. The van der Waals surface area contributed by atoms with Gasteiger partial charge in [0.1, 0.15) is 6.04 Å². The first-order chi connectivity index (χ1) is 16.0. The molecule has 4 aliphatic rings. The summed E-state index contributed by atoms with van der Waals surface area (Å²) in [4.78, 5) is 53.5. The lowest BCUT2D eigenvalue weighted by molar-refractivity contribution is -0.136. The fourth-order valence-corrected chi connectivity index (χ4v) is 5.51. The number of nitrogens with zero attached hydrogens (tertiary/aromatic N) is 2. The van der Waals surface area contributed by atoms with E-state index in [1.807, 2.05) is 6.07 Å². The Bertz CT molecular complexity index is 966. The maximum absolute atomic E-state index is 13.3. The number of carbonyl (C=O) groups excluding carboxylic acids is 4. The third-order valence-corrected chi connectivity index (χ3v) is 7.27. The lowest BCUT2D eigenvalue weighted by atomic mass is 9.89. The Morgan fingerprint density at radius 2 is 1.85 bits per heavy atom. The molecule has 2 unspecified atom stereocenters. The zero-order chi connectivity index (χ0) is 22.9. The van der Waals surface area contributed by atoms with Crippen LogP contribution in [0.25, 0.3) is 0 Å². The summed E-state index contributed by atoms with van der Waals surface area (Å²) in [6.45, 7) is 4.99. The number of hydrogen-bond acceptors (Lipinski definition) is 7. The Morgan fingerprint density at radius 1 is 1.03 bits per heavy atom. The Kier molecular flexibility index (Phi) is 6.27. The van der Waals surface area contributed by atoms with Crippen LogP contribution in [0.2, 0.25) is 0 Å². The van der Waals surface area contributed by atoms with Crippen molar-refractivity contribution in [2.24, 2.45) is 5.92 Å². The minimum absolute atomic E-state index is 0.119. The first kappa shape index (κ1) is 22.2. The second kappa shape index (κ2) is 9.32. The predicted molar refractivity (Wildman–Crippen MR) is 118 cm³/mol. The Balaban J connectivity index is 1.24. The molecule has 0 saturated carbocycles. The van der Waals surface area contributed by atoms with Gasteiger partial charge < -0.3 is 10.1 Å².